The number of ether oxygens (including phenoxy) is 1. The van der Waals surface area contributed by atoms with Crippen LogP contribution in [0.2, 0.25) is 0 Å². The quantitative estimate of drug-likeness (QED) is 0.640. The normalized spacial score (nSPS) is 12.0. The van der Waals surface area contributed by atoms with E-state index in [1.807, 2.05) is 0 Å². The molecule has 0 aromatic rings. The average Bonchev–Trinajstić information content (AvgIpc) is 1.94. The van der Waals surface area contributed by atoms with E-state index in [2.05, 4.69) is 0 Å². The number of halogens is 3. The number of aliphatic hydroxyl groups excluding tert-OH is 1. The van der Waals surface area contributed by atoms with E-state index < -0.39 is 12.6 Å². The Bertz CT molecular complexity index is 103. The van der Waals surface area contributed by atoms with E-state index in [9.17, 15) is 13.2 Å². The van der Waals surface area contributed by atoms with Gasteiger partial charge in [-0.15, -0.1) is 0 Å². The van der Waals surface area contributed by atoms with Crippen molar-refractivity contribution in [1.29, 1.82) is 0 Å². The second-order valence-electron chi connectivity index (χ2n) is 2.41. The maximum atomic E-state index is 11.6. The van der Waals surface area contributed by atoms with Crippen LogP contribution in [0, 0.1) is 0 Å². The molecule has 0 unspecified atom stereocenters. The lowest BCUT2D eigenvalue weighted by Crippen LogP contribution is -2.07. The summed E-state index contributed by atoms with van der Waals surface area (Å²) in [5.74, 6) is 0. The number of aliphatic hydroxyl groups is 1. The van der Waals surface area contributed by atoms with Crippen molar-refractivity contribution >= 4 is 0 Å². The first-order chi connectivity index (χ1) is 5.56. The van der Waals surface area contributed by atoms with Crippen LogP contribution in [0.3, 0.4) is 0 Å². The molecule has 2 nitrogen and oxygen atoms in total. The van der Waals surface area contributed by atoms with Crippen molar-refractivity contribution in [2.45, 2.75) is 25.4 Å². The van der Waals surface area contributed by atoms with Crippen LogP contribution in [0.1, 0.15) is 19.3 Å². The lowest BCUT2D eigenvalue weighted by Gasteiger charge is -2.05. The molecule has 0 saturated carbocycles. The molecule has 0 atom stereocenters. The zero-order valence-corrected chi connectivity index (χ0v) is 6.73. The Labute approximate surface area is 69.3 Å². The standard InChI is InChI=1S/C7H13F3O2/c8-7(9,10)3-1-2-5-12-6-4-11/h11H,1-6H2. The molecule has 0 aromatic heterocycles. The number of hydrogen-bond acceptors (Lipinski definition) is 2. The summed E-state index contributed by atoms with van der Waals surface area (Å²) in [4.78, 5) is 0. The van der Waals surface area contributed by atoms with Crippen molar-refractivity contribution in [3.8, 4) is 0 Å². The van der Waals surface area contributed by atoms with Gasteiger partial charge in [0.25, 0.3) is 0 Å². The van der Waals surface area contributed by atoms with Gasteiger partial charge in [0.15, 0.2) is 0 Å². The van der Waals surface area contributed by atoms with Crippen molar-refractivity contribution < 1.29 is 23.0 Å². The molecule has 0 aliphatic rings. The summed E-state index contributed by atoms with van der Waals surface area (Å²) in [6.07, 6.45) is -4.33. The van der Waals surface area contributed by atoms with Gasteiger partial charge in [-0.3, -0.25) is 0 Å². The fraction of sp³-hybridized carbons (Fsp3) is 1.00. The third-order valence-electron chi connectivity index (χ3n) is 1.23. The predicted molar refractivity (Wildman–Crippen MR) is 37.8 cm³/mol. The van der Waals surface area contributed by atoms with Crippen LogP contribution in [0.15, 0.2) is 0 Å². The maximum Gasteiger partial charge on any atom is 0.389 e. The van der Waals surface area contributed by atoms with Gasteiger partial charge in [0, 0.05) is 13.0 Å². The largest absolute Gasteiger partial charge is 0.394 e. The summed E-state index contributed by atoms with van der Waals surface area (Å²) in [6.45, 7) is 0.405. The molecule has 0 amide bonds. The van der Waals surface area contributed by atoms with Crippen molar-refractivity contribution in [3.05, 3.63) is 0 Å². The lowest BCUT2D eigenvalue weighted by molar-refractivity contribution is -0.136. The smallest absolute Gasteiger partial charge is 0.389 e. The molecule has 0 heterocycles. The number of alkyl halides is 3. The van der Waals surface area contributed by atoms with Gasteiger partial charge in [-0.25, -0.2) is 0 Å². The third-order valence-corrected chi connectivity index (χ3v) is 1.23. The molecule has 0 aliphatic carbocycles. The zero-order valence-electron chi connectivity index (χ0n) is 6.73. The summed E-state index contributed by atoms with van der Waals surface area (Å²) in [6, 6.07) is 0. The molecule has 12 heavy (non-hydrogen) atoms. The number of rotatable bonds is 6. The first-order valence-electron chi connectivity index (χ1n) is 3.81. The van der Waals surface area contributed by atoms with Crippen LogP contribution < -0.4 is 0 Å². The second-order valence-corrected chi connectivity index (χ2v) is 2.41. The Kier molecular flexibility index (Phi) is 6.10. The van der Waals surface area contributed by atoms with Gasteiger partial charge >= 0.3 is 6.18 Å². The molecule has 0 fully saturated rings. The van der Waals surface area contributed by atoms with Gasteiger partial charge in [-0.1, -0.05) is 0 Å². The summed E-state index contributed by atoms with van der Waals surface area (Å²) in [5, 5.41) is 8.25. The Balaban J connectivity index is 3.01. The van der Waals surface area contributed by atoms with Gasteiger partial charge in [0.2, 0.25) is 0 Å². The fourth-order valence-corrected chi connectivity index (χ4v) is 0.696. The van der Waals surface area contributed by atoms with Crippen LogP contribution in [-0.4, -0.2) is 31.1 Å². The SMILES string of the molecule is OCCOCCCCC(F)(F)F. The van der Waals surface area contributed by atoms with Crippen LogP contribution in [0.5, 0.6) is 0 Å². The minimum absolute atomic E-state index is 0.0841. The number of hydrogen-bond donors (Lipinski definition) is 1. The van der Waals surface area contributed by atoms with Gasteiger partial charge in [0.05, 0.1) is 13.2 Å². The monoisotopic (exact) mass is 186 g/mol. The maximum absolute atomic E-state index is 11.6. The topological polar surface area (TPSA) is 29.5 Å². The average molecular weight is 186 g/mol. The van der Waals surface area contributed by atoms with Crippen LogP contribution in [0.4, 0.5) is 13.2 Å². The Morgan fingerprint density at radius 2 is 1.75 bits per heavy atom. The molecule has 0 aromatic carbocycles. The summed E-state index contributed by atoms with van der Waals surface area (Å²) in [5.41, 5.74) is 0. The van der Waals surface area contributed by atoms with Gasteiger partial charge in [0.1, 0.15) is 0 Å². The van der Waals surface area contributed by atoms with E-state index in [1.54, 1.807) is 0 Å². The summed E-state index contributed by atoms with van der Waals surface area (Å²) in [7, 11) is 0. The van der Waals surface area contributed by atoms with Gasteiger partial charge in [-0.05, 0) is 12.8 Å². The Morgan fingerprint density at radius 1 is 1.08 bits per heavy atom. The molecule has 74 valence electrons. The highest BCUT2D eigenvalue weighted by Crippen LogP contribution is 2.21. The van der Waals surface area contributed by atoms with Crippen LogP contribution >= 0.6 is 0 Å². The molecule has 0 aliphatic heterocycles. The molecular formula is C7H13F3O2. The van der Waals surface area contributed by atoms with E-state index in [4.69, 9.17) is 9.84 Å². The summed E-state index contributed by atoms with van der Waals surface area (Å²) < 4.78 is 39.4. The molecular weight excluding hydrogens is 173 g/mol. The second kappa shape index (κ2) is 6.25. The van der Waals surface area contributed by atoms with Crippen molar-refractivity contribution in [2.75, 3.05) is 19.8 Å². The molecule has 0 radical (unpaired) electrons. The van der Waals surface area contributed by atoms with Crippen molar-refractivity contribution in [2.24, 2.45) is 0 Å². The van der Waals surface area contributed by atoms with E-state index >= 15 is 0 Å². The highest BCUT2D eigenvalue weighted by Gasteiger charge is 2.25. The van der Waals surface area contributed by atoms with Crippen molar-refractivity contribution in [1.82, 2.24) is 0 Å². The van der Waals surface area contributed by atoms with Gasteiger partial charge < -0.3 is 9.84 Å². The first kappa shape index (κ1) is 11.7. The van der Waals surface area contributed by atoms with E-state index in [-0.39, 0.29) is 26.2 Å². The minimum atomic E-state index is -4.06. The number of unbranched alkanes of at least 4 members (excludes halogenated alkanes) is 1. The minimum Gasteiger partial charge on any atom is -0.394 e. The fourth-order valence-electron chi connectivity index (χ4n) is 0.696. The molecule has 1 N–H and O–H groups in total. The van der Waals surface area contributed by atoms with E-state index in [0.29, 0.717) is 6.42 Å². The molecule has 0 bridgehead atoms. The van der Waals surface area contributed by atoms with Gasteiger partial charge in [-0.2, -0.15) is 13.2 Å². The zero-order chi connectivity index (χ0) is 9.45. The first-order valence-corrected chi connectivity index (χ1v) is 3.81. The van der Waals surface area contributed by atoms with E-state index in [0.717, 1.165) is 0 Å². The molecule has 5 heteroatoms. The van der Waals surface area contributed by atoms with Crippen molar-refractivity contribution in [3.63, 3.8) is 0 Å². The van der Waals surface area contributed by atoms with Crippen LogP contribution in [-0.2, 0) is 4.74 Å². The summed E-state index contributed by atoms with van der Waals surface area (Å²) >= 11 is 0. The predicted octanol–water partition coefficient (Wildman–Crippen LogP) is 1.73. The Hall–Kier alpha value is -0.290. The molecule has 0 saturated heterocycles. The molecule has 0 rings (SSSR count). The van der Waals surface area contributed by atoms with Crippen LogP contribution in [0.25, 0.3) is 0 Å². The lowest BCUT2D eigenvalue weighted by atomic mass is 10.2. The van der Waals surface area contributed by atoms with E-state index in [1.165, 1.54) is 0 Å². The highest BCUT2D eigenvalue weighted by atomic mass is 19.4. The highest BCUT2D eigenvalue weighted by molar-refractivity contribution is 4.50. The third kappa shape index (κ3) is 9.71. The molecule has 0 spiro atoms. The Morgan fingerprint density at radius 3 is 2.25 bits per heavy atom.